The normalized spacial score (nSPS) is 11.9. The van der Waals surface area contributed by atoms with E-state index in [-0.39, 0.29) is 0 Å². The highest BCUT2D eigenvalue weighted by Crippen LogP contribution is 2.30. The zero-order valence-electron chi connectivity index (χ0n) is 17.1. The van der Waals surface area contributed by atoms with Crippen LogP contribution >= 0.6 is 0 Å². The summed E-state index contributed by atoms with van der Waals surface area (Å²) in [6.45, 7) is 15.2. The van der Waals surface area contributed by atoms with E-state index in [0.29, 0.717) is 12.0 Å². The molecule has 0 aliphatic carbocycles. The lowest BCUT2D eigenvalue weighted by molar-refractivity contribution is 0.616. The zero-order chi connectivity index (χ0) is 19.0. The minimum atomic E-state index is 0.370. The van der Waals surface area contributed by atoms with Gasteiger partial charge in [-0.1, -0.05) is 27.7 Å². The molecule has 0 saturated heterocycles. The Morgan fingerprint density at radius 3 is 2.19 bits per heavy atom. The number of fused-ring (bicyclic) bond motifs is 1. The van der Waals surface area contributed by atoms with Crippen LogP contribution in [0.3, 0.4) is 0 Å². The van der Waals surface area contributed by atoms with Crippen LogP contribution in [0.1, 0.15) is 76.1 Å². The summed E-state index contributed by atoms with van der Waals surface area (Å²) in [6.07, 6.45) is 3.92. The van der Waals surface area contributed by atoms with E-state index in [2.05, 4.69) is 71.4 Å². The maximum atomic E-state index is 5.08. The van der Waals surface area contributed by atoms with Gasteiger partial charge in [0.05, 0.1) is 11.4 Å². The van der Waals surface area contributed by atoms with Gasteiger partial charge < -0.3 is 4.57 Å². The smallest absolute Gasteiger partial charge is 0.159 e. The SMILES string of the molecule is CCc1nc(C(C)C)ccc1-c1nc2c(C)cn(C(C)C)c2nc1CC. The van der Waals surface area contributed by atoms with Crippen molar-refractivity contribution in [2.45, 2.75) is 73.3 Å². The van der Waals surface area contributed by atoms with Crippen LogP contribution in [0.4, 0.5) is 0 Å². The summed E-state index contributed by atoms with van der Waals surface area (Å²) >= 11 is 0. The molecular weight excluding hydrogens is 320 g/mol. The molecule has 0 fully saturated rings. The van der Waals surface area contributed by atoms with Gasteiger partial charge in [0.25, 0.3) is 0 Å². The molecule has 0 N–H and O–H groups in total. The first-order valence-electron chi connectivity index (χ1n) is 9.75. The van der Waals surface area contributed by atoms with Crippen molar-refractivity contribution in [1.29, 1.82) is 0 Å². The van der Waals surface area contributed by atoms with Crippen LogP contribution in [0.2, 0.25) is 0 Å². The molecule has 0 radical (unpaired) electrons. The number of hydrogen-bond acceptors (Lipinski definition) is 3. The van der Waals surface area contributed by atoms with Gasteiger partial charge in [-0.15, -0.1) is 0 Å². The van der Waals surface area contributed by atoms with Gasteiger partial charge in [0.15, 0.2) is 5.65 Å². The third-order valence-electron chi connectivity index (χ3n) is 4.97. The van der Waals surface area contributed by atoms with Crippen LogP contribution in [0.25, 0.3) is 22.4 Å². The Morgan fingerprint density at radius 1 is 0.923 bits per heavy atom. The van der Waals surface area contributed by atoms with Crippen molar-refractivity contribution < 1.29 is 0 Å². The van der Waals surface area contributed by atoms with Gasteiger partial charge in [0.2, 0.25) is 0 Å². The lowest BCUT2D eigenvalue weighted by Crippen LogP contribution is -2.06. The molecule has 138 valence electrons. The van der Waals surface area contributed by atoms with Crippen LogP contribution in [0, 0.1) is 6.92 Å². The van der Waals surface area contributed by atoms with Gasteiger partial charge in [0.1, 0.15) is 5.52 Å². The number of rotatable bonds is 5. The number of aromatic nitrogens is 4. The second kappa shape index (κ2) is 7.18. The number of nitrogens with zero attached hydrogens (tertiary/aromatic N) is 4. The summed E-state index contributed by atoms with van der Waals surface area (Å²) in [7, 11) is 0. The Hall–Kier alpha value is -2.23. The first-order chi connectivity index (χ1) is 12.4. The number of pyridine rings is 1. The summed E-state index contributed by atoms with van der Waals surface area (Å²) in [5.74, 6) is 0.427. The molecule has 0 aromatic carbocycles. The van der Waals surface area contributed by atoms with E-state index in [1.807, 2.05) is 0 Å². The summed E-state index contributed by atoms with van der Waals surface area (Å²) in [6, 6.07) is 4.69. The fourth-order valence-corrected chi connectivity index (χ4v) is 3.42. The highest BCUT2D eigenvalue weighted by Gasteiger charge is 2.18. The molecule has 3 aromatic heterocycles. The molecule has 3 rings (SSSR count). The molecule has 0 aliphatic heterocycles. The highest BCUT2D eigenvalue weighted by atomic mass is 15.1. The van der Waals surface area contributed by atoms with Gasteiger partial charge in [-0.3, -0.25) is 4.98 Å². The van der Waals surface area contributed by atoms with Crippen LogP contribution in [-0.2, 0) is 12.8 Å². The van der Waals surface area contributed by atoms with Gasteiger partial charge >= 0.3 is 0 Å². The van der Waals surface area contributed by atoms with Crippen molar-refractivity contribution in [1.82, 2.24) is 19.5 Å². The van der Waals surface area contributed by atoms with Gasteiger partial charge in [-0.25, -0.2) is 9.97 Å². The average molecular weight is 351 g/mol. The molecule has 0 bridgehead atoms. The molecule has 4 heteroatoms. The van der Waals surface area contributed by atoms with Crippen molar-refractivity contribution >= 4 is 11.2 Å². The molecule has 0 saturated carbocycles. The average Bonchev–Trinajstić information content (AvgIpc) is 2.96. The predicted molar refractivity (Wildman–Crippen MR) is 109 cm³/mol. The fourth-order valence-electron chi connectivity index (χ4n) is 3.42. The van der Waals surface area contributed by atoms with Crippen molar-refractivity contribution in [3.63, 3.8) is 0 Å². The van der Waals surface area contributed by atoms with Crippen molar-refractivity contribution in [2.24, 2.45) is 0 Å². The van der Waals surface area contributed by atoms with Crippen LogP contribution in [0.5, 0.6) is 0 Å². The zero-order valence-corrected chi connectivity index (χ0v) is 17.1. The van der Waals surface area contributed by atoms with Crippen LogP contribution in [0.15, 0.2) is 18.3 Å². The summed E-state index contributed by atoms with van der Waals surface area (Å²) < 4.78 is 2.22. The first-order valence-corrected chi connectivity index (χ1v) is 9.75. The molecule has 26 heavy (non-hydrogen) atoms. The largest absolute Gasteiger partial charge is 0.328 e. The lowest BCUT2D eigenvalue weighted by Gasteiger charge is -2.14. The van der Waals surface area contributed by atoms with E-state index < -0.39 is 0 Å². The van der Waals surface area contributed by atoms with Crippen molar-refractivity contribution in [3.8, 4) is 11.3 Å². The standard InChI is InChI=1S/C22H30N4/c1-8-17-16(10-11-19(23-17)13(3)4)21-18(9-2)24-22-20(25-21)15(7)12-26(22)14(5)6/h10-14H,8-9H2,1-7H3. The molecule has 3 heterocycles. The minimum Gasteiger partial charge on any atom is -0.328 e. The Bertz CT molecular complexity index is 935. The van der Waals surface area contributed by atoms with E-state index in [1.165, 1.54) is 5.56 Å². The molecule has 0 spiro atoms. The van der Waals surface area contributed by atoms with E-state index in [9.17, 15) is 0 Å². The predicted octanol–water partition coefficient (Wildman–Crippen LogP) is 5.63. The maximum Gasteiger partial charge on any atom is 0.159 e. The second-order valence-corrected chi connectivity index (χ2v) is 7.60. The van der Waals surface area contributed by atoms with E-state index in [1.54, 1.807) is 0 Å². The molecule has 0 aliphatic rings. The molecule has 0 amide bonds. The molecule has 3 aromatic rings. The summed E-state index contributed by atoms with van der Waals surface area (Å²) in [4.78, 5) is 15.0. The summed E-state index contributed by atoms with van der Waals surface area (Å²) in [5.41, 5.74) is 8.58. The molecule has 0 atom stereocenters. The Kier molecular flexibility index (Phi) is 5.12. The molecule has 0 unspecified atom stereocenters. The molecular formula is C22H30N4. The Morgan fingerprint density at radius 2 is 1.62 bits per heavy atom. The number of hydrogen-bond donors (Lipinski definition) is 0. The van der Waals surface area contributed by atoms with E-state index in [0.717, 1.165) is 52.3 Å². The highest BCUT2D eigenvalue weighted by molar-refractivity contribution is 5.80. The minimum absolute atomic E-state index is 0.370. The third-order valence-corrected chi connectivity index (χ3v) is 4.97. The fraction of sp³-hybridized carbons (Fsp3) is 0.500. The lowest BCUT2D eigenvalue weighted by atomic mass is 10.0. The third kappa shape index (κ3) is 3.13. The Balaban J connectivity index is 2.26. The van der Waals surface area contributed by atoms with Gasteiger partial charge in [-0.2, -0.15) is 0 Å². The van der Waals surface area contributed by atoms with Crippen LogP contribution < -0.4 is 0 Å². The monoisotopic (exact) mass is 350 g/mol. The van der Waals surface area contributed by atoms with Crippen LogP contribution in [-0.4, -0.2) is 19.5 Å². The topological polar surface area (TPSA) is 43.6 Å². The van der Waals surface area contributed by atoms with Gasteiger partial charge in [-0.05, 0) is 57.2 Å². The van der Waals surface area contributed by atoms with Gasteiger partial charge in [0, 0.05) is 29.2 Å². The quantitative estimate of drug-likeness (QED) is 0.599. The van der Waals surface area contributed by atoms with Crippen molar-refractivity contribution in [3.05, 3.63) is 41.0 Å². The molecule has 4 nitrogen and oxygen atoms in total. The second-order valence-electron chi connectivity index (χ2n) is 7.60. The van der Waals surface area contributed by atoms with E-state index in [4.69, 9.17) is 15.0 Å². The summed E-state index contributed by atoms with van der Waals surface area (Å²) in [5, 5.41) is 0. The maximum absolute atomic E-state index is 5.08. The Labute approximate surface area is 156 Å². The number of aryl methyl sites for hydroxylation is 3. The van der Waals surface area contributed by atoms with E-state index >= 15 is 0 Å². The first kappa shape index (κ1) is 18.6. The van der Waals surface area contributed by atoms with Crippen molar-refractivity contribution in [2.75, 3.05) is 0 Å².